The van der Waals surface area contributed by atoms with Gasteiger partial charge in [0.1, 0.15) is 0 Å². The van der Waals surface area contributed by atoms with Crippen molar-refractivity contribution in [3.63, 3.8) is 0 Å². The van der Waals surface area contributed by atoms with Gasteiger partial charge in [-0.05, 0) is 43.2 Å². The van der Waals surface area contributed by atoms with Crippen LogP contribution in [0.4, 0.5) is 0 Å². The molecule has 2 heterocycles. The molecule has 2 aromatic rings. The molecule has 0 aliphatic carbocycles. The lowest BCUT2D eigenvalue weighted by atomic mass is 10.3. The minimum Gasteiger partial charge on any atom is -0.265 e. The fourth-order valence-corrected chi connectivity index (χ4v) is 0.875. The second kappa shape index (κ2) is 7.68. The summed E-state index contributed by atoms with van der Waals surface area (Å²) in [5.74, 6) is 0. The van der Waals surface area contributed by atoms with Crippen LogP contribution in [0.1, 0.15) is 18.6 Å². The molecule has 80 valence electrons. The van der Waals surface area contributed by atoms with Crippen molar-refractivity contribution in [3.8, 4) is 0 Å². The van der Waals surface area contributed by atoms with E-state index in [0.717, 1.165) is 0 Å². The third-order valence-electron chi connectivity index (χ3n) is 1.66. The maximum absolute atomic E-state index is 3.88. The second-order valence-corrected chi connectivity index (χ2v) is 3.05. The molecule has 0 radical (unpaired) electrons. The summed E-state index contributed by atoms with van der Waals surface area (Å²) in [6.45, 7) is 4.06. The van der Waals surface area contributed by atoms with E-state index in [1.54, 1.807) is 18.6 Å². The SMILES string of the molecule is C.Cc1cccnc1.Cc1ccncc1. The average molecular weight is 202 g/mol. The molecule has 0 bridgehead atoms. The van der Waals surface area contributed by atoms with Gasteiger partial charge in [-0.3, -0.25) is 9.97 Å². The van der Waals surface area contributed by atoms with Crippen LogP contribution in [0, 0.1) is 13.8 Å². The van der Waals surface area contributed by atoms with Crippen LogP contribution in [0.25, 0.3) is 0 Å². The summed E-state index contributed by atoms with van der Waals surface area (Å²) in [6.07, 6.45) is 7.18. The van der Waals surface area contributed by atoms with E-state index in [0.29, 0.717) is 0 Å². The number of aromatic nitrogens is 2. The Morgan fingerprint density at radius 3 is 1.73 bits per heavy atom. The highest BCUT2D eigenvalue weighted by atomic mass is 14.6. The molecule has 0 saturated heterocycles. The summed E-state index contributed by atoms with van der Waals surface area (Å²) < 4.78 is 0. The van der Waals surface area contributed by atoms with Gasteiger partial charge in [0, 0.05) is 24.8 Å². The molecule has 15 heavy (non-hydrogen) atoms. The summed E-state index contributed by atoms with van der Waals surface area (Å²) in [7, 11) is 0. The zero-order valence-electron chi connectivity index (χ0n) is 8.51. The molecule has 0 fully saturated rings. The molecule has 0 aliphatic heterocycles. The smallest absolute Gasteiger partial charge is 0.0297 e. The summed E-state index contributed by atoms with van der Waals surface area (Å²) in [5.41, 5.74) is 2.47. The molecule has 0 N–H and O–H groups in total. The van der Waals surface area contributed by atoms with Crippen molar-refractivity contribution in [2.75, 3.05) is 0 Å². The van der Waals surface area contributed by atoms with Crippen molar-refractivity contribution in [2.24, 2.45) is 0 Å². The van der Waals surface area contributed by atoms with Crippen LogP contribution in [0.5, 0.6) is 0 Å². The number of nitrogens with zero attached hydrogens (tertiary/aromatic N) is 2. The van der Waals surface area contributed by atoms with Gasteiger partial charge in [0.05, 0.1) is 0 Å². The van der Waals surface area contributed by atoms with Crippen LogP contribution in [0.15, 0.2) is 49.1 Å². The van der Waals surface area contributed by atoms with Crippen molar-refractivity contribution in [3.05, 3.63) is 60.2 Å². The molecule has 0 aromatic carbocycles. The van der Waals surface area contributed by atoms with Gasteiger partial charge in [0.2, 0.25) is 0 Å². The molecule has 0 saturated carbocycles. The van der Waals surface area contributed by atoms with Crippen LogP contribution < -0.4 is 0 Å². The number of hydrogen-bond acceptors (Lipinski definition) is 2. The van der Waals surface area contributed by atoms with Gasteiger partial charge in [-0.1, -0.05) is 13.5 Å². The molecule has 2 nitrogen and oxygen atoms in total. The Balaban J connectivity index is 0.000000245. The van der Waals surface area contributed by atoms with Gasteiger partial charge in [0.15, 0.2) is 0 Å². The molecule has 0 amide bonds. The number of pyridine rings is 2. The van der Waals surface area contributed by atoms with Gasteiger partial charge in [-0.15, -0.1) is 0 Å². The fourth-order valence-electron chi connectivity index (χ4n) is 0.875. The minimum atomic E-state index is 0. The standard InChI is InChI=1S/2C6H7N.CH4/c1-6-2-4-7-5-3-6;1-6-3-2-4-7-5-6;/h2*2-5H,1H3;1H4. The van der Waals surface area contributed by atoms with Gasteiger partial charge >= 0.3 is 0 Å². The highest BCUT2D eigenvalue weighted by molar-refractivity contribution is 5.05. The Morgan fingerprint density at radius 1 is 0.800 bits per heavy atom. The van der Waals surface area contributed by atoms with Gasteiger partial charge in [0.25, 0.3) is 0 Å². The molecule has 0 aliphatic rings. The average Bonchev–Trinajstić information content (AvgIpc) is 2.21. The predicted molar refractivity (Wildman–Crippen MR) is 64.7 cm³/mol. The number of aryl methyl sites for hydroxylation is 2. The molecule has 0 atom stereocenters. The molecular weight excluding hydrogens is 184 g/mol. The van der Waals surface area contributed by atoms with Gasteiger partial charge in [-0.2, -0.15) is 0 Å². The second-order valence-electron chi connectivity index (χ2n) is 3.05. The third-order valence-corrected chi connectivity index (χ3v) is 1.66. The summed E-state index contributed by atoms with van der Waals surface area (Å²) in [5, 5.41) is 0. The van der Waals surface area contributed by atoms with Crippen LogP contribution in [0.3, 0.4) is 0 Å². The molecule has 2 heteroatoms. The summed E-state index contributed by atoms with van der Waals surface area (Å²) >= 11 is 0. The van der Waals surface area contributed by atoms with E-state index in [9.17, 15) is 0 Å². The zero-order chi connectivity index (χ0) is 10.2. The highest BCUT2D eigenvalue weighted by Gasteiger charge is 1.73. The maximum Gasteiger partial charge on any atom is 0.0297 e. The van der Waals surface area contributed by atoms with E-state index in [1.807, 2.05) is 44.3 Å². The molecular formula is C13H18N2. The summed E-state index contributed by atoms with van der Waals surface area (Å²) in [6, 6.07) is 7.89. The molecule has 2 rings (SSSR count). The van der Waals surface area contributed by atoms with E-state index >= 15 is 0 Å². The lowest BCUT2D eigenvalue weighted by molar-refractivity contribution is 1.27. The van der Waals surface area contributed by atoms with E-state index < -0.39 is 0 Å². The highest BCUT2D eigenvalue weighted by Crippen LogP contribution is 1.89. The molecule has 0 spiro atoms. The van der Waals surface area contributed by atoms with E-state index in [2.05, 4.69) is 9.97 Å². The van der Waals surface area contributed by atoms with Crippen LogP contribution in [-0.4, -0.2) is 9.97 Å². The maximum atomic E-state index is 3.88. The Labute approximate surface area is 92.0 Å². The van der Waals surface area contributed by atoms with E-state index in [4.69, 9.17) is 0 Å². The lowest BCUT2D eigenvalue weighted by Crippen LogP contribution is -1.69. The third kappa shape index (κ3) is 6.38. The number of rotatable bonds is 0. The Bertz CT molecular complexity index is 306. The van der Waals surface area contributed by atoms with E-state index in [-0.39, 0.29) is 7.43 Å². The first-order valence-electron chi connectivity index (χ1n) is 4.52. The van der Waals surface area contributed by atoms with Crippen molar-refractivity contribution in [2.45, 2.75) is 21.3 Å². The van der Waals surface area contributed by atoms with Crippen LogP contribution >= 0.6 is 0 Å². The first-order chi connectivity index (χ1) is 6.79. The van der Waals surface area contributed by atoms with Crippen LogP contribution in [0.2, 0.25) is 0 Å². The zero-order valence-corrected chi connectivity index (χ0v) is 8.51. The van der Waals surface area contributed by atoms with Crippen molar-refractivity contribution in [1.29, 1.82) is 0 Å². The van der Waals surface area contributed by atoms with Gasteiger partial charge in [-0.25, -0.2) is 0 Å². The quantitative estimate of drug-likeness (QED) is 0.654. The van der Waals surface area contributed by atoms with Crippen molar-refractivity contribution in [1.82, 2.24) is 9.97 Å². The Hall–Kier alpha value is -1.70. The normalized spacial score (nSPS) is 8.13. The lowest BCUT2D eigenvalue weighted by Gasteiger charge is -1.82. The monoisotopic (exact) mass is 202 g/mol. The molecule has 0 unspecified atom stereocenters. The predicted octanol–water partition coefficient (Wildman–Crippen LogP) is 3.42. The summed E-state index contributed by atoms with van der Waals surface area (Å²) in [4.78, 5) is 7.73. The van der Waals surface area contributed by atoms with Crippen LogP contribution in [-0.2, 0) is 0 Å². The Morgan fingerprint density at radius 2 is 1.47 bits per heavy atom. The largest absolute Gasteiger partial charge is 0.265 e. The number of hydrogen-bond donors (Lipinski definition) is 0. The fraction of sp³-hybridized carbons (Fsp3) is 0.231. The minimum absolute atomic E-state index is 0. The van der Waals surface area contributed by atoms with E-state index in [1.165, 1.54) is 11.1 Å². The topological polar surface area (TPSA) is 25.8 Å². The first kappa shape index (κ1) is 13.3. The molecule has 2 aromatic heterocycles. The van der Waals surface area contributed by atoms with Crippen molar-refractivity contribution < 1.29 is 0 Å². The van der Waals surface area contributed by atoms with Crippen molar-refractivity contribution >= 4 is 0 Å². The first-order valence-corrected chi connectivity index (χ1v) is 4.52. The van der Waals surface area contributed by atoms with Gasteiger partial charge < -0.3 is 0 Å². The Kier molecular flexibility index (Phi) is 6.81.